The molecule has 0 aliphatic rings. The first kappa shape index (κ1) is 21.6. The van der Waals surface area contributed by atoms with Gasteiger partial charge in [0.15, 0.2) is 0 Å². The lowest BCUT2D eigenvalue weighted by Gasteiger charge is -2.27. The number of rotatable bonds is 7. The quantitative estimate of drug-likeness (QED) is 0.569. The minimum atomic E-state index is -0.158. The zero-order valence-corrected chi connectivity index (χ0v) is 18.4. The molecule has 5 heteroatoms. The molecule has 158 valence electrons. The van der Waals surface area contributed by atoms with Crippen LogP contribution in [0.25, 0.3) is 16.5 Å². The molecule has 0 aliphatic heterocycles. The first-order chi connectivity index (χ1) is 14.3. The fourth-order valence-electron chi connectivity index (χ4n) is 3.71. The van der Waals surface area contributed by atoms with Crippen LogP contribution in [0.15, 0.2) is 59.5 Å². The lowest BCUT2D eigenvalue weighted by molar-refractivity contribution is 0.0716. The minimum Gasteiger partial charge on any atom is -0.497 e. The number of carbonyl (C=O) groups excluding carboxylic acids is 1. The van der Waals surface area contributed by atoms with Gasteiger partial charge in [-0.05, 0) is 30.0 Å². The number of aromatic nitrogens is 1. The maximum atomic E-state index is 13.6. The van der Waals surface area contributed by atoms with Gasteiger partial charge in [-0.3, -0.25) is 14.2 Å². The van der Waals surface area contributed by atoms with Crippen LogP contribution < -0.4 is 10.3 Å². The van der Waals surface area contributed by atoms with Crippen molar-refractivity contribution in [2.75, 3.05) is 20.2 Å². The smallest absolute Gasteiger partial charge is 0.262 e. The molecule has 0 spiro atoms. The second-order valence-electron chi connectivity index (χ2n) is 8.46. The van der Waals surface area contributed by atoms with Crippen molar-refractivity contribution < 1.29 is 9.53 Å². The van der Waals surface area contributed by atoms with Crippen LogP contribution in [0.3, 0.4) is 0 Å². The van der Waals surface area contributed by atoms with Gasteiger partial charge in [0.1, 0.15) is 5.75 Å². The Morgan fingerprint density at radius 3 is 2.20 bits per heavy atom. The molecule has 1 amide bonds. The number of amides is 1. The molecular formula is C25H30N2O3. The SMILES string of the molecule is COc1cccc(-n2cc(C(=O)N(CC(C)C)CC(C)C)c3ccccc3c2=O)c1. The molecule has 30 heavy (non-hydrogen) atoms. The van der Waals surface area contributed by atoms with Crippen LogP contribution in [0, 0.1) is 11.8 Å². The first-order valence-corrected chi connectivity index (χ1v) is 10.4. The van der Waals surface area contributed by atoms with Crippen LogP contribution in [0.1, 0.15) is 38.1 Å². The van der Waals surface area contributed by atoms with Crippen LogP contribution in [-0.4, -0.2) is 35.6 Å². The topological polar surface area (TPSA) is 51.5 Å². The van der Waals surface area contributed by atoms with Crippen molar-refractivity contribution in [1.29, 1.82) is 0 Å². The Labute approximate surface area is 177 Å². The lowest BCUT2D eigenvalue weighted by Crippen LogP contribution is -2.37. The highest BCUT2D eigenvalue weighted by molar-refractivity contribution is 6.06. The summed E-state index contributed by atoms with van der Waals surface area (Å²) in [5, 5.41) is 1.21. The number of benzene rings is 2. The molecule has 0 aliphatic carbocycles. The van der Waals surface area contributed by atoms with Crippen molar-refractivity contribution in [3.63, 3.8) is 0 Å². The second-order valence-corrected chi connectivity index (χ2v) is 8.46. The lowest BCUT2D eigenvalue weighted by atomic mass is 10.0. The molecular weight excluding hydrogens is 376 g/mol. The van der Waals surface area contributed by atoms with Gasteiger partial charge in [-0.1, -0.05) is 52.0 Å². The van der Waals surface area contributed by atoms with Crippen LogP contribution in [0.2, 0.25) is 0 Å². The van der Waals surface area contributed by atoms with Gasteiger partial charge in [0.05, 0.1) is 18.4 Å². The van der Waals surface area contributed by atoms with E-state index in [1.807, 2.05) is 41.3 Å². The molecule has 0 N–H and O–H groups in total. The van der Waals surface area contributed by atoms with E-state index < -0.39 is 0 Å². The molecule has 3 aromatic rings. The van der Waals surface area contributed by atoms with Crippen molar-refractivity contribution in [3.05, 3.63) is 70.6 Å². The van der Waals surface area contributed by atoms with Crippen molar-refractivity contribution in [3.8, 4) is 11.4 Å². The average molecular weight is 407 g/mol. The zero-order valence-electron chi connectivity index (χ0n) is 18.4. The van der Waals surface area contributed by atoms with Gasteiger partial charge in [-0.2, -0.15) is 0 Å². The van der Waals surface area contributed by atoms with Crippen molar-refractivity contribution in [1.82, 2.24) is 9.47 Å². The minimum absolute atomic E-state index is 0.0507. The Kier molecular flexibility index (Phi) is 6.60. The van der Waals surface area contributed by atoms with Gasteiger partial charge in [-0.15, -0.1) is 0 Å². The maximum Gasteiger partial charge on any atom is 0.262 e. The number of ether oxygens (including phenoxy) is 1. The molecule has 0 saturated heterocycles. The monoisotopic (exact) mass is 406 g/mol. The van der Waals surface area contributed by atoms with Crippen LogP contribution in [0.4, 0.5) is 0 Å². The summed E-state index contributed by atoms with van der Waals surface area (Å²) in [6.45, 7) is 9.77. The molecule has 0 atom stereocenters. The van der Waals surface area contributed by atoms with Crippen LogP contribution in [0.5, 0.6) is 5.75 Å². The molecule has 0 bridgehead atoms. The fourth-order valence-corrected chi connectivity index (χ4v) is 3.71. The van der Waals surface area contributed by atoms with E-state index in [-0.39, 0.29) is 11.5 Å². The van der Waals surface area contributed by atoms with Gasteiger partial charge in [0.25, 0.3) is 11.5 Å². The number of nitrogens with zero attached hydrogens (tertiary/aromatic N) is 2. The summed E-state index contributed by atoms with van der Waals surface area (Å²) in [6.07, 6.45) is 1.68. The second kappa shape index (κ2) is 9.16. The van der Waals surface area contributed by atoms with Gasteiger partial charge in [0.2, 0.25) is 0 Å². The number of methoxy groups -OCH3 is 1. The Hall–Kier alpha value is -3.08. The molecule has 5 nitrogen and oxygen atoms in total. The summed E-state index contributed by atoms with van der Waals surface area (Å²) >= 11 is 0. The molecule has 0 unspecified atom stereocenters. The standard InChI is InChI=1S/C25H30N2O3/c1-17(2)14-26(15-18(3)4)24(28)23-16-27(19-9-8-10-20(13-19)30-5)25(29)22-12-7-6-11-21(22)23/h6-13,16-18H,14-15H2,1-5H3. The van der Waals surface area contributed by atoms with E-state index in [1.54, 1.807) is 30.0 Å². The molecule has 0 saturated carbocycles. The predicted molar refractivity (Wildman–Crippen MR) is 122 cm³/mol. The number of carbonyl (C=O) groups is 1. The number of fused-ring (bicyclic) bond motifs is 1. The largest absolute Gasteiger partial charge is 0.497 e. The number of pyridine rings is 1. The summed E-state index contributed by atoms with van der Waals surface area (Å²) in [6, 6.07) is 14.6. The first-order valence-electron chi connectivity index (χ1n) is 10.4. The van der Waals surface area contributed by atoms with Crippen molar-refractivity contribution >= 4 is 16.7 Å². The summed E-state index contributed by atoms with van der Waals surface area (Å²) in [5.74, 6) is 1.30. The molecule has 0 fully saturated rings. The van der Waals surface area contributed by atoms with Crippen molar-refractivity contribution in [2.45, 2.75) is 27.7 Å². The normalized spacial score (nSPS) is 11.3. The Morgan fingerprint density at radius 2 is 1.60 bits per heavy atom. The highest BCUT2D eigenvalue weighted by Crippen LogP contribution is 2.22. The highest BCUT2D eigenvalue weighted by atomic mass is 16.5. The maximum absolute atomic E-state index is 13.6. The van der Waals surface area contributed by atoms with E-state index >= 15 is 0 Å². The summed E-state index contributed by atoms with van der Waals surface area (Å²) in [5.41, 5.74) is 1.04. The summed E-state index contributed by atoms with van der Waals surface area (Å²) in [7, 11) is 1.59. The van der Waals surface area contributed by atoms with Gasteiger partial charge < -0.3 is 9.64 Å². The Morgan fingerprint density at radius 1 is 0.967 bits per heavy atom. The van der Waals surface area contributed by atoms with Gasteiger partial charge in [-0.25, -0.2) is 0 Å². The average Bonchev–Trinajstić information content (AvgIpc) is 2.72. The molecule has 1 heterocycles. The highest BCUT2D eigenvalue weighted by Gasteiger charge is 2.22. The van der Waals surface area contributed by atoms with Crippen LogP contribution >= 0.6 is 0 Å². The molecule has 3 rings (SSSR count). The summed E-state index contributed by atoms with van der Waals surface area (Å²) < 4.78 is 6.86. The fraction of sp³-hybridized carbons (Fsp3) is 0.360. The summed E-state index contributed by atoms with van der Waals surface area (Å²) in [4.78, 5) is 28.8. The molecule has 0 radical (unpaired) electrons. The number of hydrogen-bond donors (Lipinski definition) is 0. The van der Waals surface area contributed by atoms with E-state index in [9.17, 15) is 9.59 Å². The third kappa shape index (κ3) is 4.56. The third-order valence-corrected chi connectivity index (χ3v) is 4.94. The predicted octanol–water partition coefficient (Wildman–Crippen LogP) is 4.75. The molecule has 2 aromatic carbocycles. The third-order valence-electron chi connectivity index (χ3n) is 4.94. The van der Waals surface area contributed by atoms with Gasteiger partial charge in [0, 0.05) is 36.1 Å². The zero-order chi connectivity index (χ0) is 21.8. The van der Waals surface area contributed by atoms with Crippen molar-refractivity contribution in [2.24, 2.45) is 11.8 Å². The number of hydrogen-bond acceptors (Lipinski definition) is 3. The Bertz CT molecular complexity index is 1090. The van der Waals surface area contributed by atoms with E-state index in [0.29, 0.717) is 52.7 Å². The van der Waals surface area contributed by atoms with Gasteiger partial charge >= 0.3 is 0 Å². The van der Waals surface area contributed by atoms with E-state index in [0.717, 1.165) is 0 Å². The van der Waals surface area contributed by atoms with E-state index in [4.69, 9.17) is 4.74 Å². The Balaban J connectivity index is 2.21. The van der Waals surface area contributed by atoms with E-state index in [2.05, 4.69) is 27.7 Å². The van der Waals surface area contributed by atoms with E-state index in [1.165, 1.54) is 0 Å². The van der Waals surface area contributed by atoms with Crippen LogP contribution in [-0.2, 0) is 0 Å². The molecule has 1 aromatic heterocycles.